The van der Waals surface area contributed by atoms with E-state index in [-0.39, 0.29) is 6.61 Å². The summed E-state index contributed by atoms with van der Waals surface area (Å²) >= 11 is 0. The Morgan fingerprint density at radius 2 is 2.23 bits per heavy atom. The van der Waals surface area contributed by atoms with Crippen molar-refractivity contribution in [2.24, 2.45) is 0 Å². The van der Waals surface area contributed by atoms with E-state index < -0.39 is 11.0 Å². The van der Waals surface area contributed by atoms with E-state index in [1.807, 2.05) is 24.3 Å². The number of fused-ring (bicyclic) bond motifs is 1. The van der Waals surface area contributed by atoms with E-state index >= 15 is 0 Å². The number of β-amino-alcohol motifs (C(OH)–C–C–N with tert-alkyl or cyclic N) is 1. The molecular weight excluding hydrogens is 186 g/mol. The van der Waals surface area contributed by atoms with E-state index in [0.29, 0.717) is 13.1 Å². The molecule has 3 nitrogen and oxygen atoms in total. The zero-order chi connectivity index (χ0) is 9.26. The maximum absolute atomic E-state index is 11.7. The molecule has 1 heterocycles. The maximum Gasteiger partial charge on any atom is 0.128 e. The molecule has 1 N–H and O–H groups in total. The predicted octanol–water partition coefficient (Wildman–Crippen LogP) is 0.517. The monoisotopic (exact) mass is 197 g/mol. The molecule has 0 amide bonds. The highest BCUT2D eigenvalue weighted by Crippen LogP contribution is 2.25. The summed E-state index contributed by atoms with van der Waals surface area (Å²) in [6, 6.07) is 7.69. The molecule has 1 aliphatic rings. The van der Waals surface area contributed by atoms with Crippen molar-refractivity contribution in [2.45, 2.75) is 11.4 Å². The largest absolute Gasteiger partial charge is 0.395 e. The van der Waals surface area contributed by atoms with Crippen LogP contribution in [0.1, 0.15) is 5.56 Å². The van der Waals surface area contributed by atoms with Gasteiger partial charge in [0.05, 0.1) is 11.5 Å². The third kappa shape index (κ3) is 1.52. The van der Waals surface area contributed by atoms with Gasteiger partial charge in [-0.15, -0.1) is 0 Å². The van der Waals surface area contributed by atoms with Gasteiger partial charge >= 0.3 is 0 Å². The Morgan fingerprint density at radius 1 is 1.46 bits per heavy atom. The SMILES string of the molecule is O=S1c2ccccc2CN1CCO. The van der Waals surface area contributed by atoms with Crippen LogP contribution in [0, 0.1) is 0 Å². The number of rotatable bonds is 2. The van der Waals surface area contributed by atoms with Crippen molar-refractivity contribution in [3.63, 3.8) is 0 Å². The summed E-state index contributed by atoms with van der Waals surface area (Å²) in [6.45, 7) is 1.21. The smallest absolute Gasteiger partial charge is 0.128 e. The molecule has 0 saturated carbocycles. The first-order valence-corrected chi connectivity index (χ1v) is 5.29. The minimum Gasteiger partial charge on any atom is -0.395 e. The van der Waals surface area contributed by atoms with Crippen molar-refractivity contribution in [3.8, 4) is 0 Å². The molecule has 0 aromatic heterocycles. The summed E-state index contributed by atoms with van der Waals surface area (Å²) in [6.07, 6.45) is 0. The highest BCUT2D eigenvalue weighted by atomic mass is 32.2. The van der Waals surface area contributed by atoms with Crippen molar-refractivity contribution in [1.82, 2.24) is 4.31 Å². The van der Waals surface area contributed by atoms with E-state index in [0.717, 1.165) is 10.5 Å². The second-order valence-corrected chi connectivity index (χ2v) is 4.40. The van der Waals surface area contributed by atoms with E-state index in [4.69, 9.17) is 5.11 Å². The second-order valence-electron chi connectivity index (χ2n) is 2.94. The highest BCUT2D eigenvalue weighted by Gasteiger charge is 2.25. The summed E-state index contributed by atoms with van der Waals surface area (Å²) in [4.78, 5) is 0.885. The minimum atomic E-state index is -1.06. The third-order valence-electron chi connectivity index (χ3n) is 2.09. The van der Waals surface area contributed by atoms with Crippen LogP contribution in [-0.4, -0.2) is 26.8 Å². The Hall–Kier alpha value is -0.710. The summed E-state index contributed by atoms with van der Waals surface area (Å²) in [5.74, 6) is 0. The fourth-order valence-electron chi connectivity index (χ4n) is 1.47. The Kier molecular flexibility index (Phi) is 2.44. The molecule has 4 heteroatoms. The van der Waals surface area contributed by atoms with Crippen molar-refractivity contribution in [3.05, 3.63) is 29.8 Å². The van der Waals surface area contributed by atoms with E-state index in [2.05, 4.69) is 0 Å². The number of aliphatic hydroxyl groups excluding tert-OH is 1. The normalized spacial score (nSPS) is 21.8. The zero-order valence-corrected chi connectivity index (χ0v) is 7.96. The van der Waals surface area contributed by atoms with Gasteiger partial charge in [0.2, 0.25) is 0 Å². The van der Waals surface area contributed by atoms with Gasteiger partial charge in [-0.3, -0.25) is 0 Å². The van der Waals surface area contributed by atoms with Gasteiger partial charge in [0, 0.05) is 13.1 Å². The first kappa shape index (κ1) is 8.87. The van der Waals surface area contributed by atoms with Gasteiger partial charge in [0.1, 0.15) is 11.0 Å². The molecule has 1 aromatic carbocycles. The molecule has 0 fully saturated rings. The van der Waals surface area contributed by atoms with Gasteiger partial charge in [-0.05, 0) is 11.6 Å². The third-order valence-corrected chi connectivity index (χ3v) is 3.65. The molecule has 0 saturated heterocycles. The van der Waals surface area contributed by atoms with E-state index in [1.54, 1.807) is 4.31 Å². The first-order chi connectivity index (χ1) is 6.33. The van der Waals surface area contributed by atoms with Gasteiger partial charge in [-0.1, -0.05) is 18.2 Å². The highest BCUT2D eigenvalue weighted by molar-refractivity contribution is 7.83. The summed E-state index contributed by atoms with van der Waals surface area (Å²) in [5.41, 5.74) is 1.11. The van der Waals surface area contributed by atoms with Crippen LogP contribution in [0.4, 0.5) is 0 Å². The van der Waals surface area contributed by atoms with Crippen LogP contribution in [0.2, 0.25) is 0 Å². The molecule has 1 atom stereocenters. The van der Waals surface area contributed by atoms with Crippen molar-refractivity contribution in [1.29, 1.82) is 0 Å². The first-order valence-electron chi connectivity index (χ1n) is 4.18. The summed E-state index contributed by atoms with van der Waals surface area (Å²) < 4.78 is 13.5. The van der Waals surface area contributed by atoms with E-state index in [9.17, 15) is 4.21 Å². The molecule has 0 spiro atoms. The average Bonchev–Trinajstić information content (AvgIpc) is 2.46. The van der Waals surface area contributed by atoms with Crippen molar-refractivity contribution in [2.75, 3.05) is 13.2 Å². The topological polar surface area (TPSA) is 40.5 Å². The van der Waals surface area contributed by atoms with Crippen LogP contribution in [0.3, 0.4) is 0 Å². The van der Waals surface area contributed by atoms with Crippen LogP contribution in [-0.2, 0) is 17.5 Å². The number of benzene rings is 1. The molecule has 0 bridgehead atoms. The Labute approximate surface area is 79.6 Å². The lowest BCUT2D eigenvalue weighted by Gasteiger charge is -2.10. The quantitative estimate of drug-likeness (QED) is 0.750. The number of hydrogen-bond acceptors (Lipinski definition) is 2. The number of hydrogen-bond donors (Lipinski definition) is 1. The number of aliphatic hydroxyl groups is 1. The van der Waals surface area contributed by atoms with Gasteiger partial charge in [-0.25, -0.2) is 8.51 Å². The van der Waals surface area contributed by atoms with Gasteiger partial charge < -0.3 is 5.11 Å². The van der Waals surface area contributed by atoms with Crippen LogP contribution in [0.25, 0.3) is 0 Å². The molecule has 70 valence electrons. The Morgan fingerprint density at radius 3 is 2.92 bits per heavy atom. The van der Waals surface area contributed by atoms with Crippen molar-refractivity contribution >= 4 is 11.0 Å². The Balaban J connectivity index is 2.28. The second kappa shape index (κ2) is 3.57. The average molecular weight is 197 g/mol. The summed E-state index contributed by atoms with van der Waals surface area (Å²) in [5, 5.41) is 8.75. The molecule has 1 unspecified atom stereocenters. The zero-order valence-electron chi connectivity index (χ0n) is 7.14. The predicted molar refractivity (Wildman–Crippen MR) is 50.3 cm³/mol. The lowest BCUT2D eigenvalue weighted by atomic mass is 10.2. The van der Waals surface area contributed by atoms with E-state index in [1.165, 1.54) is 0 Å². The van der Waals surface area contributed by atoms with Crippen LogP contribution in [0.5, 0.6) is 0 Å². The van der Waals surface area contributed by atoms with Gasteiger partial charge in [0.25, 0.3) is 0 Å². The van der Waals surface area contributed by atoms with Gasteiger partial charge in [-0.2, -0.15) is 0 Å². The fourth-order valence-corrected chi connectivity index (χ4v) is 2.80. The lowest BCUT2D eigenvalue weighted by molar-refractivity contribution is 0.258. The molecule has 2 rings (SSSR count). The van der Waals surface area contributed by atoms with Crippen molar-refractivity contribution < 1.29 is 9.32 Å². The summed E-state index contributed by atoms with van der Waals surface area (Å²) in [7, 11) is -1.06. The van der Waals surface area contributed by atoms with Crippen LogP contribution in [0.15, 0.2) is 29.2 Å². The fraction of sp³-hybridized carbons (Fsp3) is 0.333. The van der Waals surface area contributed by atoms with Crippen LogP contribution >= 0.6 is 0 Å². The minimum absolute atomic E-state index is 0.0553. The van der Waals surface area contributed by atoms with Crippen LogP contribution < -0.4 is 0 Å². The molecule has 0 aliphatic carbocycles. The molecule has 13 heavy (non-hydrogen) atoms. The van der Waals surface area contributed by atoms with Gasteiger partial charge in [0.15, 0.2) is 0 Å². The molecule has 0 radical (unpaired) electrons. The lowest BCUT2D eigenvalue weighted by Crippen LogP contribution is -2.22. The molecule has 1 aliphatic heterocycles. The standard InChI is InChI=1S/C9H11NO2S/c11-6-5-10-7-8-3-1-2-4-9(8)13(10)12/h1-4,11H,5-7H2. The maximum atomic E-state index is 11.7. The number of nitrogens with zero attached hydrogens (tertiary/aromatic N) is 1. The molecular formula is C9H11NO2S. The Bertz CT molecular complexity index is 340. The molecule has 1 aromatic rings.